The Labute approximate surface area is 114 Å². The molecule has 0 radical (unpaired) electrons. The Morgan fingerprint density at radius 3 is 2.79 bits per heavy atom. The van der Waals surface area contributed by atoms with E-state index in [0.29, 0.717) is 12.5 Å². The van der Waals surface area contributed by atoms with Gasteiger partial charge in [-0.1, -0.05) is 24.3 Å². The Bertz CT molecular complexity index is 434. The first kappa shape index (κ1) is 14.0. The normalized spacial score (nSPS) is 19.6. The standard InChI is InChI=1S/C15H22N2O2/c1-17-8-7-14(11-17)16-10-13-6-4-3-5-12(13)9-15(18)19-2/h3-6,14,16H,7-11H2,1-2H3. The molecular weight excluding hydrogens is 240 g/mol. The highest BCUT2D eigenvalue weighted by Gasteiger charge is 2.18. The average molecular weight is 262 g/mol. The van der Waals surface area contributed by atoms with Crippen LogP contribution in [0.4, 0.5) is 0 Å². The summed E-state index contributed by atoms with van der Waals surface area (Å²) in [6.07, 6.45) is 1.54. The van der Waals surface area contributed by atoms with Gasteiger partial charge in [-0.25, -0.2) is 0 Å². The van der Waals surface area contributed by atoms with Gasteiger partial charge in [0.25, 0.3) is 0 Å². The molecule has 1 aromatic rings. The molecule has 0 aromatic heterocycles. The number of likely N-dealkylation sites (N-methyl/N-ethyl adjacent to an activating group) is 1. The molecule has 1 saturated heterocycles. The maximum atomic E-state index is 11.4. The number of benzene rings is 1. The Kier molecular flexibility index (Phi) is 4.93. The number of likely N-dealkylation sites (tertiary alicyclic amines) is 1. The number of methoxy groups -OCH3 is 1. The Morgan fingerprint density at radius 2 is 2.16 bits per heavy atom. The third-order valence-electron chi connectivity index (χ3n) is 3.65. The Hall–Kier alpha value is -1.39. The van der Waals surface area contributed by atoms with Crippen LogP contribution in [-0.4, -0.2) is 44.2 Å². The van der Waals surface area contributed by atoms with Gasteiger partial charge in [-0.2, -0.15) is 0 Å². The van der Waals surface area contributed by atoms with Crippen molar-refractivity contribution in [2.24, 2.45) is 0 Å². The summed E-state index contributed by atoms with van der Waals surface area (Å²) in [6.45, 7) is 3.06. The third-order valence-corrected chi connectivity index (χ3v) is 3.65. The van der Waals surface area contributed by atoms with Gasteiger partial charge in [0.2, 0.25) is 0 Å². The van der Waals surface area contributed by atoms with Gasteiger partial charge in [0.15, 0.2) is 0 Å². The van der Waals surface area contributed by atoms with Crippen molar-refractivity contribution < 1.29 is 9.53 Å². The predicted octanol–water partition coefficient (Wildman–Crippen LogP) is 1.20. The van der Waals surface area contributed by atoms with E-state index in [1.165, 1.54) is 19.1 Å². The fourth-order valence-electron chi connectivity index (χ4n) is 2.49. The number of nitrogens with zero attached hydrogens (tertiary/aromatic N) is 1. The van der Waals surface area contributed by atoms with E-state index < -0.39 is 0 Å². The van der Waals surface area contributed by atoms with E-state index in [0.717, 1.165) is 25.2 Å². The number of carbonyl (C=O) groups is 1. The first-order valence-corrected chi connectivity index (χ1v) is 6.74. The number of ether oxygens (including phenoxy) is 1. The smallest absolute Gasteiger partial charge is 0.309 e. The molecule has 4 nitrogen and oxygen atoms in total. The molecule has 1 aromatic carbocycles. The minimum Gasteiger partial charge on any atom is -0.469 e. The highest BCUT2D eigenvalue weighted by molar-refractivity contribution is 5.72. The van der Waals surface area contributed by atoms with Crippen LogP contribution < -0.4 is 5.32 Å². The van der Waals surface area contributed by atoms with Gasteiger partial charge >= 0.3 is 5.97 Å². The minimum atomic E-state index is -0.187. The maximum absolute atomic E-state index is 11.4. The Balaban J connectivity index is 1.93. The minimum absolute atomic E-state index is 0.187. The monoisotopic (exact) mass is 262 g/mol. The molecule has 1 aliphatic rings. The lowest BCUT2D eigenvalue weighted by Gasteiger charge is -2.15. The molecule has 1 aliphatic heterocycles. The molecule has 0 spiro atoms. The average Bonchev–Trinajstić information content (AvgIpc) is 2.83. The number of rotatable bonds is 5. The summed E-state index contributed by atoms with van der Waals surface area (Å²) in [6, 6.07) is 8.60. The van der Waals surface area contributed by atoms with Gasteiger partial charge in [0.05, 0.1) is 13.5 Å². The second kappa shape index (κ2) is 6.68. The molecule has 0 bridgehead atoms. The molecule has 1 atom stereocenters. The summed E-state index contributed by atoms with van der Waals surface area (Å²) in [5.74, 6) is -0.187. The van der Waals surface area contributed by atoms with E-state index in [1.807, 2.05) is 18.2 Å². The van der Waals surface area contributed by atoms with Crippen LogP contribution in [0.25, 0.3) is 0 Å². The molecule has 1 unspecified atom stereocenters. The fraction of sp³-hybridized carbons (Fsp3) is 0.533. The zero-order chi connectivity index (χ0) is 13.7. The molecule has 0 aliphatic carbocycles. The largest absolute Gasteiger partial charge is 0.469 e. The molecule has 104 valence electrons. The lowest BCUT2D eigenvalue weighted by molar-refractivity contribution is -0.139. The summed E-state index contributed by atoms with van der Waals surface area (Å²) < 4.78 is 4.74. The van der Waals surface area contributed by atoms with Crippen LogP contribution in [-0.2, 0) is 22.5 Å². The number of esters is 1. The summed E-state index contributed by atoms with van der Waals surface area (Å²) in [4.78, 5) is 13.7. The van der Waals surface area contributed by atoms with Crippen LogP contribution in [0.5, 0.6) is 0 Å². The number of hydrogen-bond donors (Lipinski definition) is 1. The van der Waals surface area contributed by atoms with Gasteiger partial charge in [-0.05, 0) is 31.1 Å². The number of hydrogen-bond acceptors (Lipinski definition) is 4. The topological polar surface area (TPSA) is 41.6 Å². The van der Waals surface area contributed by atoms with Crippen molar-refractivity contribution in [3.63, 3.8) is 0 Å². The quantitative estimate of drug-likeness (QED) is 0.810. The van der Waals surface area contributed by atoms with Gasteiger partial charge in [0, 0.05) is 19.1 Å². The lowest BCUT2D eigenvalue weighted by Crippen LogP contribution is -2.31. The molecule has 0 amide bonds. The van der Waals surface area contributed by atoms with Gasteiger partial charge in [0.1, 0.15) is 0 Å². The van der Waals surface area contributed by atoms with Crippen LogP contribution in [0.15, 0.2) is 24.3 Å². The zero-order valence-electron chi connectivity index (χ0n) is 11.7. The van der Waals surface area contributed by atoms with Crippen LogP contribution in [0.1, 0.15) is 17.5 Å². The highest BCUT2D eigenvalue weighted by Crippen LogP contribution is 2.12. The van der Waals surface area contributed by atoms with Crippen molar-refractivity contribution in [1.82, 2.24) is 10.2 Å². The summed E-state index contributed by atoms with van der Waals surface area (Å²) in [5.41, 5.74) is 2.23. The Morgan fingerprint density at radius 1 is 1.42 bits per heavy atom. The van der Waals surface area contributed by atoms with Crippen LogP contribution in [0, 0.1) is 0 Å². The number of carbonyl (C=O) groups excluding carboxylic acids is 1. The molecule has 2 rings (SSSR count). The molecule has 4 heteroatoms. The van der Waals surface area contributed by atoms with Crippen molar-refractivity contribution in [2.45, 2.75) is 25.4 Å². The lowest BCUT2D eigenvalue weighted by atomic mass is 10.0. The van der Waals surface area contributed by atoms with Crippen LogP contribution in [0.3, 0.4) is 0 Å². The summed E-state index contributed by atoms with van der Waals surface area (Å²) in [7, 11) is 3.57. The fourth-order valence-corrected chi connectivity index (χ4v) is 2.49. The first-order chi connectivity index (χ1) is 9.19. The van der Waals surface area contributed by atoms with E-state index in [-0.39, 0.29) is 5.97 Å². The van der Waals surface area contributed by atoms with E-state index in [9.17, 15) is 4.79 Å². The van der Waals surface area contributed by atoms with E-state index in [4.69, 9.17) is 4.74 Å². The van der Waals surface area contributed by atoms with Crippen molar-refractivity contribution in [3.05, 3.63) is 35.4 Å². The molecule has 1 fully saturated rings. The van der Waals surface area contributed by atoms with E-state index in [1.54, 1.807) is 0 Å². The van der Waals surface area contributed by atoms with Gasteiger partial charge < -0.3 is 15.0 Å². The maximum Gasteiger partial charge on any atom is 0.309 e. The van der Waals surface area contributed by atoms with Crippen LogP contribution >= 0.6 is 0 Å². The molecule has 1 heterocycles. The predicted molar refractivity (Wildman–Crippen MR) is 74.9 cm³/mol. The third kappa shape index (κ3) is 4.04. The molecule has 19 heavy (non-hydrogen) atoms. The SMILES string of the molecule is COC(=O)Cc1ccccc1CNC1CCN(C)C1. The van der Waals surface area contributed by atoms with E-state index in [2.05, 4.69) is 23.3 Å². The van der Waals surface area contributed by atoms with Gasteiger partial charge in [-0.3, -0.25) is 4.79 Å². The highest BCUT2D eigenvalue weighted by atomic mass is 16.5. The molecule has 1 N–H and O–H groups in total. The van der Waals surface area contributed by atoms with E-state index >= 15 is 0 Å². The summed E-state index contributed by atoms with van der Waals surface area (Å²) in [5, 5.41) is 3.57. The molecular formula is C15H22N2O2. The van der Waals surface area contributed by atoms with Crippen molar-refractivity contribution in [3.8, 4) is 0 Å². The second-order valence-corrected chi connectivity index (χ2v) is 5.15. The van der Waals surface area contributed by atoms with Crippen molar-refractivity contribution in [2.75, 3.05) is 27.2 Å². The molecule has 0 saturated carbocycles. The van der Waals surface area contributed by atoms with Crippen molar-refractivity contribution in [1.29, 1.82) is 0 Å². The first-order valence-electron chi connectivity index (χ1n) is 6.74. The number of nitrogens with one attached hydrogen (secondary N) is 1. The second-order valence-electron chi connectivity index (χ2n) is 5.15. The van der Waals surface area contributed by atoms with Crippen molar-refractivity contribution >= 4 is 5.97 Å². The van der Waals surface area contributed by atoms with Crippen LogP contribution in [0.2, 0.25) is 0 Å². The summed E-state index contributed by atoms with van der Waals surface area (Å²) >= 11 is 0. The zero-order valence-corrected chi connectivity index (χ0v) is 11.7. The van der Waals surface area contributed by atoms with Gasteiger partial charge in [-0.15, -0.1) is 0 Å².